The van der Waals surface area contributed by atoms with Gasteiger partial charge >= 0.3 is 10.2 Å². The van der Waals surface area contributed by atoms with Crippen LogP contribution in [0.2, 0.25) is 0 Å². The molecule has 0 spiro atoms. The van der Waals surface area contributed by atoms with E-state index in [2.05, 4.69) is 5.32 Å². The summed E-state index contributed by atoms with van der Waals surface area (Å²) in [4.78, 5) is 27.8. The predicted octanol–water partition coefficient (Wildman–Crippen LogP) is 2.64. The van der Waals surface area contributed by atoms with Crippen molar-refractivity contribution in [2.24, 2.45) is 5.92 Å². The molecule has 2 rings (SSSR count). The maximum atomic E-state index is 14.7. The fraction of sp³-hybridized carbons (Fsp3) is 0.440. The van der Waals surface area contributed by atoms with Crippen LogP contribution in [0.4, 0.5) is 10.1 Å². The van der Waals surface area contributed by atoms with Crippen LogP contribution in [0.3, 0.4) is 0 Å². The van der Waals surface area contributed by atoms with Gasteiger partial charge in [-0.2, -0.15) is 12.7 Å². The van der Waals surface area contributed by atoms with E-state index in [1.54, 1.807) is 31.2 Å². The van der Waals surface area contributed by atoms with Crippen molar-refractivity contribution in [2.45, 2.75) is 33.4 Å². The van der Waals surface area contributed by atoms with E-state index in [0.717, 1.165) is 10.4 Å². The van der Waals surface area contributed by atoms with Crippen molar-refractivity contribution in [3.05, 3.63) is 59.9 Å². The first-order valence-corrected chi connectivity index (χ1v) is 12.9. The molecule has 0 aromatic heterocycles. The smallest absolute Gasteiger partial charge is 0.304 e. The van der Waals surface area contributed by atoms with Gasteiger partial charge in [-0.1, -0.05) is 38.1 Å². The van der Waals surface area contributed by atoms with Crippen LogP contribution in [0, 0.1) is 11.7 Å². The molecule has 11 heteroatoms. The number of benzene rings is 2. The summed E-state index contributed by atoms with van der Waals surface area (Å²) in [6.07, 6.45) is 0. The lowest BCUT2D eigenvalue weighted by Crippen LogP contribution is -2.52. The Kier molecular flexibility index (Phi) is 10.2. The minimum absolute atomic E-state index is 0.0133. The highest BCUT2D eigenvalue weighted by Gasteiger charge is 2.33. The number of methoxy groups -OCH3 is 1. The minimum Gasteiger partial charge on any atom is -0.497 e. The lowest BCUT2D eigenvalue weighted by molar-refractivity contribution is -0.139. The molecule has 9 nitrogen and oxygen atoms in total. The molecule has 0 fully saturated rings. The number of halogens is 1. The quantitative estimate of drug-likeness (QED) is 0.462. The molecular formula is C25H35FN4O5S. The Hall–Kier alpha value is -3.18. The molecule has 2 aromatic rings. The van der Waals surface area contributed by atoms with Crippen molar-refractivity contribution in [3.63, 3.8) is 0 Å². The van der Waals surface area contributed by atoms with Crippen molar-refractivity contribution in [2.75, 3.05) is 38.6 Å². The highest BCUT2D eigenvalue weighted by molar-refractivity contribution is 7.90. The molecule has 0 aliphatic rings. The average Bonchev–Trinajstić information content (AvgIpc) is 2.84. The van der Waals surface area contributed by atoms with Gasteiger partial charge in [0.1, 0.15) is 24.2 Å². The number of carbonyl (C=O) groups is 2. The molecule has 0 saturated heterocycles. The summed E-state index contributed by atoms with van der Waals surface area (Å²) in [7, 11) is -0.129. The largest absolute Gasteiger partial charge is 0.497 e. The van der Waals surface area contributed by atoms with Crippen molar-refractivity contribution in [1.82, 2.24) is 14.5 Å². The van der Waals surface area contributed by atoms with Crippen LogP contribution in [0.1, 0.15) is 26.3 Å². The van der Waals surface area contributed by atoms with E-state index in [0.29, 0.717) is 22.2 Å². The van der Waals surface area contributed by atoms with Crippen LogP contribution in [0.15, 0.2) is 48.5 Å². The number of ether oxygens (including phenoxy) is 1. The number of anilines is 1. The van der Waals surface area contributed by atoms with Gasteiger partial charge in [0.25, 0.3) is 0 Å². The Labute approximate surface area is 213 Å². The molecule has 198 valence electrons. The summed E-state index contributed by atoms with van der Waals surface area (Å²) in [5.41, 5.74) is 0.414. The predicted molar refractivity (Wildman–Crippen MR) is 137 cm³/mol. The number of para-hydroxylation sites is 1. The molecule has 1 atom stereocenters. The van der Waals surface area contributed by atoms with Gasteiger partial charge in [0.2, 0.25) is 11.8 Å². The fourth-order valence-corrected chi connectivity index (χ4v) is 4.42. The summed E-state index contributed by atoms with van der Waals surface area (Å²) in [5.74, 6) is -1.07. The second kappa shape index (κ2) is 12.7. The molecule has 0 aliphatic heterocycles. The van der Waals surface area contributed by atoms with Gasteiger partial charge in [0.15, 0.2) is 0 Å². The van der Waals surface area contributed by atoms with Crippen molar-refractivity contribution in [1.29, 1.82) is 0 Å². The van der Waals surface area contributed by atoms with Crippen molar-refractivity contribution < 1.29 is 27.1 Å². The van der Waals surface area contributed by atoms with Crippen LogP contribution >= 0.6 is 0 Å². The minimum atomic E-state index is -4.24. The number of hydrogen-bond donors (Lipinski definition) is 1. The summed E-state index contributed by atoms with van der Waals surface area (Å²) in [5, 5.41) is 2.81. The molecule has 0 heterocycles. The maximum Gasteiger partial charge on any atom is 0.304 e. The van der Waals surface area contributed by atoms with Gasteiger partial charge in [-0.15, -0.1) is 0 Å². The first-order valence-electron chi connectivity index (χ1n) is 11.5. The molecule has 36 heavy (non-hydrogen) atoms. The molecule has 1 unspecified atom stereocenters. The van der Waals surface area contributed by atoms with E-state index in [4.69, 9.17) is 4.74 Å². The Bertz CT molecular complexity index is 1160. The monoisotopic (exact) mass is 522 g/mol. The second-order valence-corrected chi connectivity index (χ2v) is 11.0. The van der Waals surface area contributed by atoms with E-state index in [1.165, 1.54) is 44.3 Å². The van der Waals surface area contributed by atoms with E-state index in [-0.39, 0.29) is 24.1 Å². The van der Waals surface area contributed by atoms with E-state index in [9.17, 15) is 22.4 Å². The standard InChI is InChI=1S/C25H35FN4O5S/c1-18(2)15-27-25(32)19(3)29(16-20-10-9-11-21(14-20)35-6)24(31)17-30(36(33,34)28(4)5)23-13-8-7-12-22(23)26/h7-14,18-19H,15-17H2,1-6H3,(H,27,32). The Morgan fingerprint density at radius 1 is 1.06 bits per heavy atom. The third kappa shape index (κ3) is 7.41. The topological polar surface area (TPSA) is 99.3 Å². The molecule has 0 aliphatic carbocycles. The summed E-state index contributed by atoms with van der Waals surface area (Å²) in [6, 6.07) is 11.4. The lowest BCUT2D eigenvalue weighted by Gasteiger charge is -2.33. The lowest BCUT2D eigenvalue weighted by atomic mass is 10.1. The number of carbonyl (C=O) groups excluding carboxylic acids is 2. The van der Waals surface area contributed by atoms with Crippen molar-refractivity contribution in [3.8, 4) is 5.75 Å². The molecule has 0 radical (unpaired) electrons. The Morgan fingerprint density at radius 3 is 2.31 bits per heavy atom. The highest BCUT2D eigenvalue weighted by Crippen LogP contribution is 2.24. The van der Waals surface area contributed by atoms with E-state index in [1.807, 2.05) is 13.8 Å². The maximum absolute atomic E-state index is 14.7. The summed E-state index contributed by atoms with van der Waals surface area (Å²) in [6.45, 7) is 5.19. The molecular weight excluding hydrogens is 487 g/mol. The summed E-state index contributed by atoms with van der Waals surface area (Å²) < 4.78 is 47.7. The Balaban J connectivity index is 2.46. The van der Waals surface area contributed by atoms with Gasteiger partial charge < -0.3 is 15.0 Å². The van der Waals surface area contributed by atoms with Gasteiger partial charge in [-0.05, 0) is 42.7 Å². The molecule has 0 bridgehead atoms. The van der Waals surface area contributed by atoms with Crippen LogP contribution in [-0.2, 0) is 26.3 Å². The van der Waals surface area contributed by atoms with Gasteiger partial charge in [0, 0.05) is 27.2 Å². The number of rotatable bonds is 12. The van der Waals surface area contributed by atoms with Crippen LogP contribution in [0.5, 0.6) is 5.75 Å². The highest BCUT2D eigenvalue weighted by atomic mass is 32.2. The molecule has 0 saturated carbocycles. The zero-order valence-electron chi connectivity index (χ0n) is 21.6. The van der Waals surface area contributed by atoms with Crippen LogP contribution in [-0.4, -0.2) is 69.8 Å². The SMILES string of the molecule is COc1cccc(CN(C(=O)CN(c2ccccc2F)S(=O)(=O)N(C)C)C(C)C(=O)NCC(C)C)c1. The van der Waals surface area contributed by atoms with Crippen molar-refractivity contribution >= 4 is 27.7 Å². The zero-order chi connectivity index (χ0) is 27.0. The fourth-order valence-electron chi connectivity index (χ4n) is 3.36. The van der Waals surface area contributed by atoms with E-state index < -0.39 is 34.5 Å². The molecule has 1 N–H and O–H groups in total. The number of hydrogen-bond acceptors (Lipinski definition) is 5. The normalized spacial score (nSPS) is 12.4. The number of nitrogens with zero attached hydrogens (tertiary/aromatic N) is 3. The number of nitrogens with one attached hydrogen (secondary N) is 1. The third-order valence-corrected chi connectivity index (χ3v) is 7.28. The number of amides is 2. The molecule has 2 aromatic carbocycles. The average molecular weight is 523 g/mol. The van der Waals surface area contributed by atoms with Crippen LogP contribution < -0.4 is 14.4 Å². The first kappa shape index (κ1) is 29.1. The summed E-state index contributed by atoms with van der Waals surface area (Å²) >= 11 is 0. The first-order chi connectivity index (χ1) is 16.9. The van der Waals surface area contributed by atoms with E-state index >= 15 is 0 Å². The third-order valence-electron chi connectivity index (χ3n) is 5.48. The molecule has 2 amide bonds. The van der Waals surface area contributed by atoms with Gasteiger partial charge in [-0.3, -0.25) is 9.59 Å². The van der Waals surface area contributed by atoms with Gasteiger partial charge in [-0.25, -0.2) is 8.70 Å². The second-order valence-electron chi connectivity index (χ2n) is 8.94. The Morgan fingerprint density at radius 2 is 1.72 bits per heavy atom. The zero-order valence-corrected chi connectivity index (χ0v) is 22.4. The van der Waals surface area contributed by atoms with Crippen LogP contribution in [0.25, 0.3) is 0 Å². The van der Waals surface area contributed by atoms with Gasteiger partial charge in [0.05, 0.1) is 12.8 Å².